The predicted molar refractivity (Wildman–Crippen MR) is 105 cm³/mol. The average molecular weight is 384 g/mol. The molecule has 1 aliphatic rings. The molecule has 3 aromatic rings. The monoisotopic (exact) mass is 383 g/mol. The molecule has 0 amide bonds. The number of nitriles is 1. The van der Waals surface area contributed by atoms with E-state index in [1.165, 1.54) is 0 Å². The number of para-hydroxylation sites is 1. The van der Waals surface area contributed by atoms with Crippen LogP contribution in [0.15, 0.2) is 42.5 Å². The molecule has 0 unspecified atom stereocenters. The minimum absolute atomic E-state index is 0.384. The van der Waals surface area contributed by atoms with Crippen LogP contribution in [0.2, 0.25) is 5.02 Å². The molecule has 0 spiro atoms. The summed E-state index contributed by atoms with van der Waals surface area (Å²) in [6.07, 6.45) is -0.601. The van der Waals surface area contributed by atoms with Crippen LogP contribution >= 0.6 is 11.6 Å². The standard InChI is InChI=1S/C20H19ClFN5/c21-15-2-1-3-18-19(15)25-20(26-9-8-16(22)17(24)12-26)27(18)11-14-6-4-13(10-23)5-7-14/h1-7,16-17H,8-9,11-12,24H2/t16-,17-/m1/s1. The molecular weight excluding hydrogens is 365 g/mol. The van der Waals surface area contributed by atoms with E-state index in [9.17, 15) is 4.39 Å². The van der Waals surface area contributed by atoms with Crippen LogP contribution in [0.3, 0.4) is 0 Å². The Morgan fingerprint density at radius 3 is 2.74 bits per heavy atom. The molecule has 1 saturated heterocycles. The summed E-state index contributed by atoms with van der Waals surface area (Å²) in [5.41, 5.74) is 9.25. The average Bonchev–Trinajstić information content (AvgIpc) is 3.04. The highest BCUT2D eigenvalue weighted by Crippen LogP contribution is 2.30. The zero-order valence-electron chi connectivity index (χ0n) is 14.6. The molecule has 4 rings (SSSR count). The summed E-state index contributed by atoms with van der Waals surface area (Å²) < 4.78 is 15.9. The Bertz CT molecular complexity index is 1010. The fourth-order valence-corrected chi connectivity index (χ4v) is 3.71. The van der Waals surface area contributed by atoms with Crippen molar-refractivity contribution in [2.75, 3.05) is 18.0 Å². The number of benzene rings is 2. The molecule has 0 aliphatic carbocycles. The van der Waals surface area contributed by atoms with Crippen LogP contribution in [0.25, 0.3) is 11.0 Å². The number of nitrogens with zero attached hydrogens (tertiary/aromatic N) is 4. The molecule has 5 nitrogen and oxygen atoms in total. The molecule has 2 N–H and O–H groups in total. The molecule has 7 heteroatoms. The maximum Gasteiger partial charge on any atom is 0.206 e. The van der Waals surface area contributed by atoms with Gasteiger partial charge in [0.25, 0.3) is 0 Å². The molecule has 1 aliphatic heterocycles. The van der Waals surface area contributed by atoms with E-state index in [-0.39, 0.29) is 0 Å². The Kier molecular flexibility index (Phi) is 4.73. The number of fused-ring (bicyclic) bond motifs is 1. The van der Waals surface area contributed by atoms with Gasteiger partial charge in [-0.05, 0) is 36.2 Å². The van der Waals surface area contributed by atoms with Gasteiger partial charge in [0.05, 0.1) is 34.8 Å². The molecule has 1 aromatic heterocycles. The molecular formula is C20H19ClFN5. The van der Waals surface area contributed by atoms with E-state index in [0.29, 0.717) is 36.6 Å². The second-order valence-electron chi connectivity index (χ2n) is 6.83. The minimum atomic E-state index is -0.985. The van der Waals surface area contributed by atoms with Crippen molar-refractivity contribution in [1.29, 1.82) is 5.26 Å². The van der Waals surface area contributed by atoms with Gasteiger partial charge in [0.1, 0.15) is 11.7 Å². The summed E-state index contributed by atoms with van der Waals surface area (Å²) >= 11 is 6.36. The molecule has 27 heavy (non-hydrogen) atoms. The quantitative estimate of drug-likeness (QED) is 0.751. The Balaban J connectivity index is 1.77. The van der Waals surface area contributed by atoms with Crippen molar-refractivity contribution in [1.82, 2.24) is 9.55 Å². The van der Waals surface area contributed by atoms with E-state index in [1.807, 2.05) is 35.2 Å². The van der Waals surface area contributed by atoms with Gasteiger partial charge in [0.15, 0.2) is 0 Å². The zero-order valence-corrected chi connectivity index (χ0v) is 15.4. The molecule has 0 radical (unpaired) electrons. The Morgan fingerprint density at radius 2 is 2.04 bits per heavy atom. The SMILES string of the molecule is N#Cc1ccc(Cn2c(N3CC[C@@H](F)[C@H](N)C3)nc3c(Cl)cccc32)cc1. The van der Waals surface area contributed by atoms with E-state index < -0.39 is 12.2 Å². The molecule has 2 atom stereocenters. The van der Waals surface area contributed by atoms with Crippen LogP contribution in [-0.2, 0) is 6.54 Å². The smallest absolute Gasteiger partial charge is 0.206 e. The summed E-state index contributed by atoms with van der Waals surface area (Å²) in [5, 5.41) is 9.57. The van der Waals surface area contributed by atoms with Gasteiger partial charge in [-0.2, -0.15) is 5.26 Å². The van der Waals surface area contributed by atoms with Crippen LogP contribution in [0.4, 0.5) is 10.3 Å². The van der Waals surface area contributed by atoms with Crippen LogP contribution in [0.5, 0.6) is 0 Å². The van der Waals surface area contributed by atoms with Crippen molar-refractivity contribution >= 4 is 28.6 Å². The number of hydrogen-bond donors (Lipinski definition) is 1. The number of alkyl halides is 1. The summed E-state index contributed by atoms with van der Waals surface area (Å²) in [7, 11) is 0. The first-order chi connectivity index (χ1) is 13.1. The van der Waals surface area contributed by atoms with Gasteiger partial charge in [-0.25, -0.2) is 9.37 Å². The lowest BCUT2D eigenvalue weighted by molar-refractivity contribution is 0.243. The van der Waals surface area contributed by atoms with Crippen molar-refractivity contribution < 1.29 is 4.39 Å². The minimum Gasteiger partial charge on any atom is -0.340 e. The number of rotatable bonds is 3. The molecule has 0 saturated carbocycles. The lowest BCUT2D eigenvalue weighted by atomic mass is 10.1. The Hall–Kier alpha value is -2.62. The summed E-state index contributed by atoms with van der Waals surface area (Å²) in [6, 6.07) is 14.7. The van der Waals surface area contributed by atoms with E-state index in [0.717, 1.165) is 22.5 Å². The van der Waals surface area contributed by atoms with Gasteiger partial charge in [-0.15, -0.1) is 0 Å². The van der Waals surface area contributed by atoms with Crippen molar-refractivity contribution in [3.05, 3.63) is 58.6 Å². The fraction of sp³-hybridized carbons (Fsp3) is 0.300. The normalized spacial score (nSPS) is 20.0. The number of nitrogens with two attached hydrogens (primary N) is 1. The molecule has 1 fully saturated rings. The number of piperidine rings is 1. The summed E-state index contributed by atoms with van der Waals surface area (Å²) in [6.45, 7) is 1.54. The molecule has 138 valence electrons. The maximum atomic E-state index is 13.8. The van der Waals surface area contributed by atoms with Crippen molar-refractivity contribution in [3.63, 3.8) is 0 Å². The van der Waals surface area contributed by atoms with Crippen LogP contribution in [0, 0.1) is 11.3 Å². The van der Waals surface area contributed by atoms with Crippen molar-refractivity contribution in [3.8, 4) is 6.07 Å². The lowest BCUT2D eigenvalue weighted by Gasteiger charge is -2.34. The van der Waals surface area contributed by atoms with Gasteiger partial charge in [-0.1, -0.05) is 29.8 Å². The number of halogens is 2. The first kappa shape index (κ1) is 17.8. The highest BCUT2D eigenvalue weighted by molar-refractivity contribution is 6.35. The van der Waals surface area contributed by atoms with E-state index >= 15 is 0 Å². The number of imidazole rings is 1. The third kappa shape index (κ3) is 3.36. The third-order valence-electron chi connectivity index (χ3n) is 4.99. The number of aromatic nitrogens is 2. The number of hydrogen-bond acceptors (Lipinski definition) is 4. The first-order valence-electron chi connectivity index (χ1n) is 8.85. The van der Waals surface area contributed by atoms with E-state index in [1.54, 1.807) is 12.1 Å². The largest absolute Gasteiger partial charge is 0.340 e. The van der Waals surface area contributed by atoms with Gasteiger partial charge >= 0.3 is 0 Å². The first-order valence-corrected chi connectivity index (χ1v) is 9.23. The van der Waals surface area contributed by atoms with E-state index in [4.69, 9.17) is 27.6 Å². The fourth-order valence-electron chi connectivity index (χ4n) is 3.50. The second-order valence-corrected chi connectivity index (χ2v) is 7.24. The summed E-state index contributed by atoms with van der Waals surface area (Å²) in [4.78, 5) is 6.78. The maximum absolute atomic E-state index is 13.8. The predicted octanol–water partition coefficient (Wildman–Crippen LogP) is 3.49. The van der Waals surface area contributed by atoms with Crippen molar-refractivity contribution in [2.24, 2.45) is 5.73 Å². The van der Waals surface area contributed by atoms with Gasteiger partial charge < -0.3 is 15.2 Å². The Labute approximate surface area is 161 Å². The highest BCUT2D eigenvalue weighted by Gasteiger charge is 2.29. The number of anilines is 1. The lowest BCUT2D eigenvalue weighted by Crippen LogP contribution is -2.50. The van der Waals surface area contributed by atoms with Crippen LogP contribution < -0.4 is 10.6 Å². The molecule has 0 bridgehead atoms. The topological polar surface area (TPSA) is 70.9 Å². The van der Waals surface area contributed by atoms with Gasteiger partial charge in [-0.3, -0.25) is 0 Å². The third-order valence-corrected chi connectivity index (χ3v) is 5.29. The highest BCUT2D eigenvalue weighted by atomic mass is 35.5. The summed E-state index contributed by atoms with van der Waals surface area (Å²) in [5.74, 6) is 0.741. The van der Waals surface area contributed by atoms with E-state index in [2.05, 4.69) is 10.6 Å². The Morgan fingerprint density at radius 1 is 1.26 bits per heavy atom. The second kappa shape index (κ2) is 7.18. The molecule has 2 aromatic carbocycles. The van der Waals surface area contributed by atoms with Gasteiger partial charge in [0, 0.05) is 13.1 Å². The van der Waals surface area contributed by atoms with Crippen molar-refractivity contribution in [2.45, 2.75) is 25.2 Å². The van der Waals surface area contributed by atoms with Crippen LogP contribution in [0.1, 0.15) is 17.5 Å². The van der Waals surface area contributed by atoms with Crippen LogP contribution in [-0.4, -0.2) is 34.9 Å². The zero-order chi connectivity index (χ0) is 19.0. The molecule has 2 heterocycles. The van der Waals surface area contributed by atoms with Gasteiger partial charge in [0.2, 0.25) is 5.95 Å².